The van der Waals surface area contributed by atoms with Crippen LogP contribution in [0.5, 0.6) is 0 Å². The standard InChI is InChI=1S/C19H32N4O3/c1-5-18(3,4)22-15(25)10-11-16-20-17(23-26-16)19(21-14(2)24)12-8-6-7-9-13-19/h5-13H2,1-4H3,(H,21,24)(H,22,25). The van der Waals surface area contributed by atoms with Gasteiger partial charge in [0.25, 0.3) is 0 Å². The molecule has 1 heterocycles. The van der Waals surface area contributed by atoms with Gasteiger partial charge in [-0.3, -0.25) is 9.59 Å². The zero-order chi connectivity index (χ0) is 19.2. The van der Waals surface area contributed by atoms with Gasteiger partial charge in [0, 0.05) is 25.3 Å². The van der Waals surface area contributed by atoms with Crippen LogP contribution >= 0.6 is 0 Å². The SMILES string of the molecule is CCC(C)(C)NC(=O)CCc1nc(C2(NC(C)=O)CCCCCC2)no1. The summed E-state index contributed by atoms with van der Waals surface area (Å²) in [7, 11) is 0. The molecule has 1 saturated carbocycles. The highest BCUT2D eigenvalue weighted by Crippen LogP contribution is 2.34. The van der Waals surface area contributed by atoms with Crippen LogP contribution in [0, 0.1) is 0 Å². The lowest BCUT2D eigenvalue weighted by molar-refractivity contribution is -0.123. The number of aromatic nitrogens is 2. The van der Waals surface area contributed by atoms with Crippen LogP contribution < -0.4 is 10.6 Å². The number of aryl methyl sites for hydroxylation is 1. The third-order valence-corrected chi connectivity index (χ3v) is 5.20. The van der Waals surface area contributed by atoms with Crippen molar-refractivity contribution in [2.24, 2.45) is 0 Å². The molecule has 26 heavy (non-hydrogen) atoms. The Labute approximate surface area is 155 Å². The highest BCUT2D eigenvalue weighted by atomic mass is 16.5. The topological polar surface area (TPSA) is 97.1 Å². The Hall–Kier alpha value is -1.92. The summed E-state index contributed by atoms with van der Waals surface area (Å²) in [6.45, 7) is 7.56. The monoisotopic (exact) mass is 364 g/mol. The molecule has 0 spiro atoms. The van der Waals surface area contributed by atoms with Gasteiger partial charge in [0.05, 0.1) is 0 Å². The molecule has 2 N–H and O–H groups in total. The predicted molar refractivity (Wildman–Crippen MR) is 98.3 cm³/mol. The van der Waals surface area contributed by atoms with E-state index in [9.17, 15) is 9.59 Å². The average molecular weight is 364 g/mol. The Bertz CT molecular complexity index is 616. The molecule has 146 valence electrons. The van der Waals surface area contributed by atoms with Gasteiger partial charge in [-0.15, -0.1) is 0 Å². The number of nitrogens with one attached hydrogen (secondary N) is 2. The normalized spacial score (nSPS) is 17.4. The highest BCUT2D eigenvalue weighted by molar-refractivity contribution is 5.76. The summed E-state index contributed by atoms with van der Waals surface area (Å²) >= 11 is 0. The van der Waals surface area contributed by atoms with Gasteiger partial charge in [0.2, 0.25) is 17.7 Å². The zero-order valence-corrected chi connectivity index (χ0v) is 16.5. The molecule has 0 bridgehead atoms. The lowest BCUT2D eigenvalue weighted by Gasteiger charge is -2.30. The number of carbonyl (C=O) groups is 2. The number of carbonyl (C=O) groups excluding carboxylic acids is 2. The van der Waals surface area contributed by atoms with E-state index in [0.29, 0.717) is 24.6 Å². The lowest BCUT2D eigenvalue weighted by Crippen LogP contribution is -2.45. The van der Waals surface area contributed by atoms with Gasteiger partial charge in [-0.1, -0.05) is 37.8 Å². The van der Waals surface area contributed by atoms with Crippen LogP contribution in [0.1, 0.15) is 90.8 Å². The van der Waals surface area contributed by atoms with Crippen LogP contribution in [0.2, 0.25) is 0 Å². The Morgan fingerprint density at radius 2 is 1.85 bits per heavy atom. The van der Waals surface area contributed by atoms with Gasteiger partial charge in [0.15, 0.2) is 5.82 Å². The Kier molecular flexibility index (Phi) is 6.78. The molecule has 0 atom stereocenters. The maximum absolute atomic E-state index is 12.1. The van der Waals surface area contributed by atoms with E-state index in [1.165, 1.54) is 6.92 Å². The smallest absolute Gasteiger partial charge is 0.227 e. The van der Waals surface area contributed by atoms with E-state index in [1.54, 1.807) is 0 Å². The molecule has 1 aromatic rings. The molecule has 2 amide bonds. The summed E-state index contributed by atoms with van der Waals surface area (Å²) in [4.78, 5) is 28.3. The summed E-state index contributed by atoms with van der Waals surface area (Å²) in [6.07, 6.45) is 7.55. The van der Waals surface area contributed by atoms with E-state index in [4.69, 9.17) is 4.52 Å². The highest BCUT2D eigenvalue weighted by Gasteiger charge is 2.38. The van der Waals surface area contributed by atoms with Gasteiger partial charge in [-0.25, -0.2) is 0 Å². The maximum atomic E-state index is 12.1. The van der Waals surface area contributed by atoms with Crippen LogP contribution in [-0.2, 0) is 21.5 Å². The second-order valence-corrected chi connectivity index (χ2v) is 7.97. The number of nitrogens with zero attached hydrogens (tertiary/aromatic N) is 2. The predicted octanol–water partition coefficient (Wildman–Crippen LogP) is 2.99. The molecular formula is C19H32N4O3. The van der Waals surface area contributed by atoms with Crippen molar-refractivity contribution < 1.29 is 14.1 Å². The van der Waals surface area contributed by atoms with Crippen molar-refractivity contribution in [3.63, 3.8) is 0 Å². The lowest BCUT2D eigenvalue weighted by atomic mass is 9.89. The van der Waals surface area contributed by atoms with Crippen molar-refractivity contribution in [2.75, 3.05) is 0 Å². The van der Waals surface area contributed by atoms with Crippen molar-refractivity contribution in [1.82, 2.24) is 20.8 Å². The first-order chi connectivity index (χ1) is 12.3. The first-order valence-corrected chi connectivity index (χ1v) is 9.69. The van der Waals surface area contributed by atoms with Gasteiger partial charge in [-0.2, -0.15) is 4.98 Å². The molecule has 7 nitrogen and oxygen atoms in total. The van der Waals surface area contributed by atoms with Crippen LogP contribution in [0.3, 0.4) is 0 Å². The fraction of sp³-hybridized carbons (Fsp3) is 0.789. The van der Waals surface area contributed by atoms with Crippen LogP contribution in [0.15, 0.2) is 4.52 Å². The molecule has 7 heteroatoms. The van der Waals surface area contributed by atoms with Crippen molar-refractivity contribution in [3.8, 4) is 0 Å². The van der Waals surface area contributed by atoms with Crippen molar-refractivity contribution in [1.29, 1.82) is 0 Å². The Morgan fingerprint density at radius 3 is 2.42 bits per heavy atom. The third kappa shape index (κ3) is 5.54. The molecule has 2 rings (SSSR count). The van der Waals surface area contributed by atoms with E-state index < -0.39 is 5.54 Å². The Balaban J connectivity index is 2.04. The largest absolute Gasteiger partial charge is 0.351 e. The maximum Gasteiger partial charge on any atom is 0.227 e. The van der Waals surface area contributed by atoms with E-state index in [-0.39, 0.29) is 17.4 Å². The summed E-state index contributed by atoms with van der Waals surface area (Å²) in [5.74, 6) is 0.874. The second kappa shape index (κ2) is 8.64. The van der Waals surface area contributed by atoms with Crippen molar-refractivity contribution in [3.05, 3.63) is 11.7 Å². The molecule has 1 aromatic heterocycles. The summed E-state index contributed by atoms with van der Waals surface area (Å²) < 4.78 is 5.38. The number of hydrogen-bond acceptors (Lipinski definition) is 5. The molecule has 0 saturated heterocycles. The van der Waals surface area contributed by atoms with Gasteiger partial charge in [0.1, 0.15) is 5.54 Å². The molecular weight excluding hydrogens is 332 g/mol. The van der Waals surface area contributed by atoms with E-state index in [2.05, 4.69) is 20.8 Å². The molecule has 0 radical (unpaired) electrons. The van der Waals surface area contributed by atoms with Crippen molar-refractivity contribution in [2.45, 2.75) is 96.6 Å². The van der Waals surface area contributed by atoms with E-state index >= 15 is 0 Å². The minimum atomic E-state index is -0.545. The van der Waals surface area contributed by atoms with Crippen LogP contribution in [0.4, 0.5) is 0 Å². The Morgan fingerprint density at radius 1 is 1.19 bits per heavy atom. The number of rotatable bonds is 7. The van der Waals surface area contributed by atoms with Gasteiger partial charge >= 0.3 is 0 Å². The fourth-order valence-electron chi connectivity index (χ4n) is 3.37. The first-order valence-electron chi connectivity index (χ1n) is 9.69. The van der Waals surface area contributed by atoms with Gasteiger partial charge in [-0.05, 0) is 33.1 Å². The molecule has 0 unspecified atom stereocenters. The van der Waals surface area contributed by atoms with Crippen LogP contribution in [0.25, 0.3) is 0 Å². The van der Waals surface area contributed by atoms with E-state index in [0.717, 1.165) is 44.9 Å². The summed E-state index contributed by atoms with van der Waals surface area (Å²) in [5.41, 5.74) is -0.760. The summed E-state index contributed by atoms with van der Waals surface area (Å²) in [6, 6.07) is 0. The quantitative estimate of drug-likeness (QED) is 0.725. The fourth-order valence-corrected chi connectivity index (χ4v) is 3.37. The van der Waals surface area contributed by atoms with Crippen LogP contribution in [-0.4, -0.2) is 27.5 Å². The van der Waals surface area contributed by atoms with Gasteiger partial charge < -0.3 is 15.2 Å². The summed E-state index contributed by atoms with van der Waals surface area (Å²) in [5, 5.41) is 10.2. The third-order valence-electron chi connectivity index (χ3n) is 5.20. The zero-order valence-electron chi connectivity index (χ0n) is 16.5. The second-order valence-electron chi connectivity index (χ2n) is 7.97. The molecule has 0 aliphatic heterocycles. The molecule has 1 fully saturated rings. The van der Waals surface area contributed by atoms with Crippen molar-refractivity contribution >= 4 is 11.8 Å². The molecule has 0 aromatic carbocycles. The first kappa shape index (κ1) is 20.4. The molecule has 1 aliphatic rings. The molecule has 1 aliphatic carbocycles. The minimum absolute atomic E-state index is 0.0253. The number of amides is 2. The van der Waals surface area contributed by atoms with E-state index in [1.807, 2.05) is 20.8 Å². The minimum Gasteiger partial charge on any atom is -0.351 e. The average Bonchev–Trinajstić information content (AvgIpc) is 2.93. The number of hydrogen-bond donors (Lipinski definition) is 2.